The van der Waals surface area contributed by atoms with Crippen LogP contribution in [-0.4, -0.2) is 4.40 Å². The molecule has 0 bridgehead atoms. The molecule has 3 nitrogen and oxygen atoms in total. The molecule has 254 valence electrons. The lowest BCUT2D eigenvalue weighted by Gasteiger charge is -2.29. The van der Waals surface area contributed by atoms with Crippen LogP contribution in [0.4, 0.5) is 0 Å². The Morgan fingerprint density at radius 2 is 1.38 bits per heavy atom. The van der Waals surface area contributed by atoms with Crippen LogP contribution in [0.25, 0.3) is 77.4 Å². The smallest absolute Gasteiger partial charge is 0.249 e. The van der Waals surface area contributed by atoms with Crippen LogP contribution < -0.4 is 9.13 Å². The minimum absolute atomic E-state index is 0.0452. The number of allylic oxidation sites excluding steroid dienone is 1. The Hall–Kier alpha value is -6.06. The summed E-state index contributed by atoms with van der Waals surface area (Å²) < 4.78 is 7.49. The van der Waals surface area contributed by atoms with Gasteiger partial charge in [-0.3, -0.25) is 0 Å². The van der Waals surface area contributed by atoms with Crippen LogP contribution in [0.1, 0.15) is 55.8 Å². The summed E-state index contributed by atoms with van der Waals surface area (Å²) in [4.78, 5) is 0. The van der Waals surface area contributed by atoms with E-state index in [0.717, 1.165) is 18.5 Å². The largest absolute Gasteiger partial charge is 0.308 e. The second kappa shape index (κ2) is 11.0. The molecule has 4 aromatic heterocycles. The zero-order valence-corrected chi connectivity index (χ0v) is 30.5. The lowest BCUT2D eigenvalue weighted by atomic mass is 9.78. The summed E-state index contributed by atoms with van der Waals surface area (Å²) in [6.07, 6.45) is 6.65. The van der Waals surface area contributed by atoms with Gasteiger partial charge in [-0.1, -0.05) is 106 Å². The van der Waals surface area contributed by atoms with Crippen LogP contribution in [0, 0.1) is 0 Å². The number of pyridine rings is 2. The zero-order valence-electron chi connectivity index (χ0n) is 30.5. The van der Waals surface area contributed by atoms with Crippen LogP contribution in [0.2, 0.25) is 0 Å². The van der Waals surface area contributed by atoms with Crippen molar-refractivity contribution in [1.82, 2.24) is 4.40 Å². The highest BCUT2D eigenvalue weighted by Gasteiger charge is 2.47. The predicted molar refractivity (Wildman–Crippen MR) is 218 cm³/mol. The van der Waals surface area contributed by atoms with Crippen molar-refractivity contribution in [3.63, 3.8) is 0 Å². The normalized spacial score (nSPS) is 16.8. The summed E-state index contributed by atoms with van der Waals surface area (Å²) in [5, 5.41) is 5.25. The molecule has 0 aliphatic carbocycles. The van der Waals surface area contributed by atoms with Crippen LogP contribution in [0.15, 0.2) is 152 Å². The van der Waals surface area contributed by atoms with E-state index in [2.05, 4.69) is 180 Å². The molecule has 0 spiro atoms. The van der Waals surface area contributed by atoms with Crippen molar-refractivity contribution in [3.8, 4) is 33.6 Å². The fourth-order valence-corrected chi connectivity index (χ4v) is 9.93. The van der Waals surface area contributed by atoms with Crippen molar-refractivity contribution in [2.75, 3.05) is 0 Å². The highest BCUT2D eigenvalue weighted by molar-refractivity contribution is 6.23. The fraction of sp³-hybridized carbons (Fsp3) is 0.160. The Bertz CT molecular complexity index is 2960. The van der Waals surface area contributed by atoms with Gasteiger partial charge in [0.05, 0.1) is 28.0 Å². The molecule has 2 atom stereocenters. The van der Waals surface area contributed by atoms with Crippen molar-refractivity contribution in [3.05, 3.63) is 169 Å². The van der Waals surface area contributed by atoms with Gasteiger partial charge in [0.1, 0.15) is 0 Å². The number of aromatic nitrogens is 3. The maximum Gasteiger partial charge on any atom is 0.249 e. The molecule has 5 aromatic carbocycles. The van der Waals surface area contributed by atoms with E-state index in [9.17, 15) is 0 Å². The summed E-state index contributed by atoms with van der Waals surface area (Å²) in [7, 11) is 0. The van der Waals surface area contributed by atoms with Crippen molar-refractivity contribution >= 4 is 43.8 Å². The van der Waals surface area contributed by atoms with E-state index in [4.69, 9.17) is 6.58 Å². The van der Waals surface area contributed by atoms with Gasteiger partial charge in [-0.15, -0.1) is 0 Å². The quantitative estimate of drug-likeness (QED) is 0.153. The van der Waals surface area contributed by atoms with E-state index in [1.807, 2.05) is 0 Å². The van der Waals surface area contributed by atoms with E-state index in [1.165, 1.54) is 88.4 Å². The van der Waals surface area contributed by atoms with Gasteiger partial charge < -0.3 is 4.40 Å². The first-order valence-corrected chi connectivity index (χ1v) is 19.0. The maximum atomic E-state index is 5.05. The highest BCUT2D eigenvalue weighted by atomic mass is 15.1. The van der Waals surface area contributed by atoms with Gasteiger partial charge in [0.15, 0.2) is 12.4 Å². The molecule has 0 fully saturated rings. The lowest BCUT2D eigenvalue weighted by Crippen LogP contribution is -2.53. The van der Waals surface area contributed by atoms with E-state index < -0.39 is 0 Å². The van der Waals surface area contributed by atoms with E-state index >= 15 is 0 Å². The molecule has 6 heterocycles. The Morgan fingerprint density at radius 1 is 0.642 bits per heavy atom. The molecule has 0 N–H and O–H groups in total. The first kappa shape index (κ1) is 30.6. The Morgan fingerprint density at radius 3 is 2.23 bits per heavy atom. The molecule has 0 saturated carbocycles. The van der Waals surface area contributed by atoms with Gasteiger partial charge in [-0.25, -0.2) is 0 Å². The van der Waals surface area contributed by atoms with Crippen LogP contribution in [0.3, 0.4) is 0 Å². The van der Waals surface area contributed by atoms with Crippen molar-refractivity contribution in [2.24, 2.45) is 0 Å². The van der Waals surface area contributed by atoms with Crippen molar-refractivity contribution in [1.29, 1.82) is 0 Å². The van der Waals surface area contributed by atoms with E-state index in [0.29, 0.717) is 0 Å². The molecule has 53 heavy (non-hydrogen) atoms. The first-order chi connectivity index (χ1) is 25.9. The second-order valence-corrected chi connectivity index (χ2v) is 16.2. The Kier molecular flexibility index (Phi) is 6.33. The summed E-state index contributed by atoms with van der Waals surface area (Å²) in [5.74, 6) is 0.247. The molecule has 2 aliphatic rings. The molecule has 2 unspecified atom stereocenters. The Balaban J connectivity index is 1.27. The second-order valence-electron chi connectivity index (χ2n) is 16.2. The summed E-state index contributed by atoms with van der Waals surface area (Å²) in [6.45, 7) is 12.1. The molecule has 2 aliphatic heterocycles. The van der Waals surface area contributed by atoms with Gasteiger partial charge in [0.25, 0.3) is 0 Å². The number of benzene rings is 5. The van der Waals surface area contributed by atoms with Gasteiger partial charge in [-0.05, 0) is 77.4 Å². The van der Waals surface area contributed by atoms with Crippen LogP contribution in [0.5, 0.6) is 0 Å². The van der Waals surface area contributed by atoms with E-state index in [1.54, 1.807) is 0 Å². The van der Waals surface area contributed by atoms with Gasteiger partial charge in [0, 0.05) is 50.9 Å². The van der Waals surface area contributed by atoms with Crippen LogP contribution >= 0.6 is 0 Å². The minimum atomic E-state index is -0.0894. The average Bonchev–Trinajstić information content (AvgIpc) is 3.71. The van der Waals surface area contributed by atoms with Gasteiger partial charge in [0.2, 0.25) is 23.1 Å². The molecular weight excluding hydrogens is 643 g/mol. The molecule has 0 radical (unpaired) electrons. The molecule has 0 saturated heterocycles. The summed E-state index contributed by atoms with van der Waals surface area (Å²) in [6, 6.07) is 49.9. The minimum Gasteiger partial charge on any atom is -0.308 e. The van der Waals surface area contributed by atoms with E-state index in [-0.39, 0.29) is 17.4 Å². The van der Waals surface area contributed by atoms with Crippen molar-refractivity contribution < 1.29 is 9.13 Å². The number of rotatable bonds is 1. The first-order valence-electron chi connectivity index (χ1n) is 19.0. The van der Waals surface area contributed by atoms with Crippen molar-refractivity contribution in [2.45, 2.75) is 51.0 Å². The molecular formula is C50H41N3+2. The predicted octanol–water partition coefficient (Wildman–Crippen LogP) is 11.5. The standard InChI is InChI=1S/C50H41N3/c1-31-48-39(34-17-8-9-18-35(34)44-22-12-13-26-51(44)48)25-24-33-27-47-41(38-21-14-20-37-36-19-10-11-23-45(36)53(47)49(37)38)28-40(33)46-29-43(50(2,3)4)42(30-52(31)46)32-15-6-5-7-16-32/h5-23,26-30,39,48H,1,24-25H2,2-4H3/q+2. The third-order valence-corrected chi connectivity index (χ3v) is 12.3. The molecule has 3 heteroatoms. The highest BCUT2D eigenvalue weighted by Crippen LogP contribution is 2.47. The third-order valence-electron chi connectivity index (χ3n) is 12.3. The average molecular weight is 684 g/mol. The molecule has 0 amide bonds. The van der Waals surface area contributed by atoms with Gasteiger partial charge in [-0.2, -0.15) is 9.13 Å². The maximum absolute atomic E-state index is 5.05. The van der Waals surface area contributed by atoms with Crippen LogP contribution in [-0.2, 0) is 11.8 Å². The zero-order chi connectivity index (χ0) is 35.6. The SMILES string of the molecule is C=C1C2C(CCc3cc4c(cc3-c3cc(C(C)(C)C)c(-c5ccccc5)c[n+]31)c1cccc3c5ccccc5n4c31)c1ccccc1-c1cccc[n+]12. The summed E-state index contributed by atoms with van der Waals surface area (Å²) >= 11 is 0. The molecule has 9 aromatic rings. The number of aryl methyl sites for hydroxylation is 1. The topological polar surface area (TPSA) is 12.2 Å². The Labute approximate surface area is 310 Å². The molecule has 11 rings (SSSR count). The number of hydrogen-bond donors (Lipinski definition) is 0. The number of fused-ring (bicyclic) bond motifs is 15. The lowest BCUT2D eigenvalue weighted by molar-refractivity contribution is -0.727. The number of para-hydroxylation sites is 2. The monoisotopic (exact) mass is 683 g/mol. The van der Waals surface area contributed by atoms with Gasteiger partial charge >= 0.3 is 0 Å². The fourth-order valence-electron chi connectivity index (χ4n) is 9.93. The number of nitrogens with zero attached hydrogens (tertiary/aromatic N) is 3. The third kappa shape index (κ3) is 4.28. The summed E-state index contributed by atoms with van der Waals surface area (Å²) in [5.41, 5.74) is 16.6. The number of hydrogen-bond acceptors (Lipinski definition) is 0.